The number of nitrogens with one attached hydrogen (secondary N) is 1. The van der Waals surface area contributed by atoms with Gasteiger partial charge in [0.25, 0.3) is 5.91 Å². The van der Waals surface area contributed by atoms with Crippen LogP contribution >= 0.6 is 11.6 Å². The van der Waals surface area contributed by atoms with Crippen molar-refractivity contribution in [3.05, 3.63) is 52.4 Å². The number of amides is 1. The molecular weight excluding hydrogens is 264 g/mol. The molecular formula is C13H13ClN4O. The molecule has 0 radical (unpaired) electrons. The summed E-state index contributed by atoms with van der Waals surface area (Å²) in [6.07, 6.45) is 0. The largest absolute Gasteiger partial charge is 0.384 e. The number of anilines is 1. The molecule has 1 amide bonds. The summed E-state index contributed by atoms with van der Waals surface area (Å²) < 4.78 is 0. The second-order valence-electron chi connectivity index (χ2n) is 4.06. The highest BCUT2D eigenvalue weighted by Crippen LogP contribution is 2.12. The number of hydrogen-bond acceptors (Lipinski definition) is 4. The third-order valence-corrected chi connectivity index (χ3v) is 2.65. The number of rotatable bonds is 3. The summed E-state index contributed by atoms with van der Waals surface area (Å²) in [4.78, 5) is 20.0. The molecule has 2 heterocycles. The van der Waals surface area contributed by atoms with Crippen molar-refractivity contribution in [3.8, 4) is 0 Å². The molecule has 0 bridgehead atoms. The second kappa shape index (κ2) is 5.67. The van der Waals surface area contributed by atoms with Crippen molar-refractivity contribution >= 4 is 23.3 Å². The summed E-state index contributed by atoms with van der Waals surface area (Å²) in [6.45, 7) is 2.25. The standard InChI is InChI=1S/C13H13ClN4O/c1-8-3-2-4-10(17-8)7-16-13(19)9-5-11(14)18-12(15)6-9/h2-6H,7H2,1H3,(H2,15,18)(H,16,19). The van der Waals surface area contributed by atoms with Crippen LogP contribution < -0.4 is 11.1 Å². The molecule has 3 N–H and O–H groups in total. The van der Waals surface area contributed by atoms with E-state index in [1.54, 1.807) is 0 Å². The molecule has 0 fully saturated rings. The monoisotopic (exact) mass is 276 g/mol. The van der Waals surface area contributed by atoms with Gasteiger partial charge in [0.15, 0.2) is 0 Å². The van der Waals surface area contributed by atoms with Crippen molar-refractivity contribution in [2.24, 2.45) is 0 Å². The number of nitrogen functional groups attached to an aromatic ring is 1. The van der Waals surface area contributed by atoms with Crippen LogP contribution in [0.2, 0.25) is 5.15 Å². The summed E-state index contributed by atoms with van der Waals surface area (Å²) in [6, 6.07) is 8.59. The van der Waals surface area contributed by atoms with Gasteiger partial charge in [-0.1, -0.05) is 17.7 Å². The molecule has 2 aromatic heterocycles. The van der Waals surface area contributed by atoms with Gasteiger partial charge in [0.2, 0.25) is 0 Å². The number of nitrogens with two attached hydrogens (primary N) is 1. The lowest BCUT2D eigenvalue weighted by atomic mass is 10.2. The van der Waals surface area contributed by atoms with E-state index in [0.717, 1.165) is 11.4 Å². The van der Waals surface area contributed by atoms with E-state index in [1.807, 2.05) is 25.1 Å². The quantitative estimate of drug-likeness (QED) is 0.840. The molecule has 0 saturated carbocycles. The van der Waals surface area contributed by atoms with Gasteiger partial charge in [0, 0.05) is 11.3 Å². The summed E-state index contributed by atoms with van der Waals surface area (Å²) >= 11 is 5.75. The molecule has 6 heteroatoms. The number of hydrogen-bond donors (Lipinski definition) is 2. The third-order valence-electron chi connectivity index (χ3n) is 2.45. The highest BCUT2D eigenvalue weighted by atomic mass is 35.5. The molecule has 2 rings (SSSR count). The summed E-state index contributed by atoms with van der Waals surface area (Å²) in [5, 5.41) is 2.95. The lowest BCUT2D eigenvalue weighted by Crippen LogP contribution is -2.23. The molecule has 0 aliphatic heterocycles. The van der Waals surface area contributed by atoms with Gasteiger partial charge in [0.05, 0.1) is 12.2 Å². The highest BCUT2D eigenvalue weighted by Gasteiger charge is 2.08. The van der Waals surface area contributed by atoms with Crippen LogP contribution in [0.15, 0.2) is 30.3 Å². The smallest absolute Gasteiger partial charge is 0.251 e. The van der Waals surface area contributed by atoms with Crippen LogP contribution in [0.1, 0.15) is 21.7 Å². The van der Waals surface area contributed by atoms with Crippen molar-refractivity contribution in [2.45, 2.75) is 13.5 Å². The zero-order chi connectivity index (χ0) is 13.8. The molecule has 0 aliphatic carbocycles. The van der Waals surface area contributed by atoms with Crippen LogP contribution in [0, 0.1) is 6.92 Å². The summed E-state index contributed by atoms with van der Waals surface area (Å²) in [5.74, 6) is -0.0503. The van der Waals surface area contributed by atoms with E-state index in [9.17, 15) is 4.79 Å². The van der Waals surface area contributed by atoms with E-state index < -0.39 is 0 Å². The number of halogens is 1. The van der Waals surface area contributed by atoms with E-state index in [-0.39, 0.29) is 16.9 Å². The number of carbonyl (C=O) groups excluding carboxylic acids is 1. The molecule has 5 nitrogen and oxygen atoms in total. The van der Waals surface area contributed by atoms with Crippen molar-refractivity contribution in [1.29, 1.82) is 0 Å². The summed E-state index contributed by atoms with van der Waals surface area (Å²) in [5.41, 5.74) is 7.61. The van der Waals surface area contributed by atoms with Crippen LogP contribution in [0.5, 0.6) is 0 Å². The van der Waals surface area contributed by atoms with Crippen molar-refractivity contribution in [1.82, 2.24) is 15.3 Å². The van der Waals surface area contributed by atoms with Gasteiger partial charge in [-0.15, -0.1) is 0 Å². The third kappa shape index (κ3) is 3.66. The first-order chi connectivity index (χ1) is 9.04. The average Bonchev–Trinajstić information content (AvgIpc) is 2.35. The Labute approximate surface area is 115 Å². The lowest BCUT2D eigenvalue weighted by Gasteiger charge is -2.06. The van der Waals surface area contributed by atoms with E-state index in [2.05, 4.69) is 15.3 Å². The predicted octanol–water partition coefficient (Wildman–Crippen LogP) is 1.95. The Hall–Kier alpha value is -2.14. The Kier molecular flexibility index (Phi) is 3.97. The van der Waals surface area contributed by atoms with Crippen molar-refractivity contribution in [3.63, 3.8) is 0 Å². The van der Waals surface area contributed by atoms with Crippen molar-refractivity contribution < 1.29 is 4.79 Å². The highest BCUT2D eigenvalue weighted by molar-refractivity contribution is 6.29. The van der Waals surface area contributed by atoms with Gasteiger partial charge in [0.1, 0.15) is 11.0 Å². The SMILES string of the molecule is Cc1cccc(CNC(=O)c2cc(N)nc(Cl)c2)n1. The molecule has 0 spiro atoms. The molecule has 0 unspecified atom stereocenters. The van der Waals surface area contributed by atoms with Crippen LogP contribution in [-0.2, 0) is 6.54 Å². The normalized spacial score (nSPS) is 10.2. The molecule has 0 saturated heterocycles. The van der Waals surface area contributed by atoms with Gasteiger partial charge < -0.3 is 11.1 Å². The molecule has 0 aliphatic rings. The first kappa shape index (κ1) is 13.3. The average molecular weight is 277 g/mol. The Morgan fingerprint density at radius 3 is 2.84 bits per heavy atom. The Morgan fingerprint density at radius 2 is 2.16 bits per heavy atom. The maximum Gasteiger partial charge on any atom is 0.251 e. The van der Waals surface area contributed by atoms with Gasteiger partial charge in [-0.2, -0.15) is 0 Å². The van der Waals surface area contributed by atoms with Crippen LogP contribution in [0.25, 0.3) is 0 Å². The van der Waals surface area contributed by atoms with E-state index >= 15 is 0 Å². The number of carbonyl (C=O) groups is 1. The van der Waals surface area contributed by atoms with Gasteiger partial charge in [-0.25, -0.2) is 4.98 Å². The van der Waals surface area contributed by atoms with E-state index in [4.69, 9.17) is 17.3 Å². The fraction of sp³-hybridized carbons (Fsp3) is 0.154. The van der Waals surface area contributed by atoms with Crippen molar-refractivity contribution in [2.75, 3.05) is 5.73 Å². The topological polar surface area (TPSA) is 80.9 Å². The maximum atomic E-state index is 11.9. The fourth-order valence-electron chi connectivity index (χ4n) is 1.62. The minimum absolute atomic E-state index is 0.193. The van der Waals surface area contributed by atoms with Gasteiger partial charge >= 0.3 is 0 Å². The number of pyridine rings is 2. The number of aryl methyl sites for hydroxylation is 1. The van der Waals surface area contributed by atoms with Gasteiger partial charge in [-0.3, -0.25) is 9.78 Å². The summed E-state index contributed by atoms with van der Waals surface area (Å²) in [7, 11) is 0. The first-order valence-electron chi connectivity index (χ1n) is 5.68. The van der Waals surface area contributed by atoms with Crippen LogP contribution in [0.3, 0.4) is 0 Å². The maximum absolute atomic E-state index is 11.9. The molecule has 19 heavy (non-hydrogen) atoms. The molecule has 0 atom stereocenters. The van der Waals surface area contributed by atoms with E-state index in [1.165, 1.54) is 12.1 Å². The molecule has 0 aromatic carbocycles. The van der Waals surface area contributed by atoms with Crippen LogP contribution in [0.4, 0.5) is 5.82 Å². The Balaban J connectivity index is 2.05. The second-order valence-corrected chi connectivity index (χ2v) is 4.44. The van der Waals surface area contributed by atoms with E-state index in [0.29, 0.717) is 12.1 Å². The number of nitrogens with zero attached hydrogens (tertiary/aromatic N) is 2. The molecule has 2 aromatic rings. The Bertz CT molecular complexity index is 595. The zero-order valence-electron chi connectivity index (χ0n) is 10.4. The van der Waals surface area contributed by atoms with Gasteiger partial charge in [-0.05, 0) is 31.2 Å². The molecule has 98 valence electrons. The zero-order valence-corrected chi connectivity index (χ0v) is 11.1. The minimum atomic E-state index is -0.265. The fourth-order valence-corrected chi connectivity index (χ4v) is 1.83. The van der Waals surface area contributed by atoms with Crippen LogP contribution in [-0.4, -0.2) is 15.9 Å². The Morgan fingerprint density at radius 1 is 1.37 bits per heavy atom. The lowest BCUT2D eigenvalue weighted by molar-refractivity contribution is 0.0950. The minimum Gasteiger partial charge on any atom is -0.384 e. The predicted molar refractivity (Wildman–Crippen MR) is 73.8 cm³/mol. The number of aromatic nitrogens is 2. The first-order valence-corrected chi connectivity index (χ1v) is 6.06.